The summed E-state index contributed by atoms with van der Waals surface area (Å²) in [5, 5.41) is 9.30. The van der Waals surface area contributed by atoms with Crippen molar-refractivity contribution in [2.45, 2.75) is 6.54 Å². The number of anilines is 1. The number of ether oxygens (including phenoxy) is 1. The second-order valence-corrected chi connectivity index (χ2v) is 6.98. The van der Waals surface area contributed by atoms with Gasteiger partial charge >= 0.3 is 0 Å². The molecule has 0 aliphatic carbocycles. The largest absolute Gasteiger partial charge is 0.379 e. The summed E-state index contributed by atoms with van der Waals surface area (Å²) >= 11 is 0. The number of morpholine rings is 1. The molecule has 3 heterocycles. The summed E-state index contributed by atoms with van der Waals surface area (Å²) in [5.41, 5.74) is 3.55. The summed E-state index contributed by atoms with van der Waals surface area (Å²) in [6.07, 6.45) is 9.80. The first-order valence-electron chi connectivity index (χ1n) is 9.70. The first kappa shape index (κ1) is 19.9. The molecule has 2 aromatic heterocycles. The Bertz CT molecular complexity index is 1030. The molecule has 0 saturated carbocycles. The van der Waals surface area contributed by atoms with Crippen LogP contribution < -0.4 is 5.32 Å². The van der Waals surface area contributed by atoms with Crippen molar-refractivity contribution in [3.05, 3.63) is 72.1 Å². The van der Waals surface area contributed by atoms with Gasteiger partial charge in [-0.1, -0.05) is 6.07 Å². The molecule has 7 nitrogen and oxygen atoms in total. The van der Waals surface area contributed by atoms with Crippen molar-refractivity contribution in [3.8, 4) is 11.1 Å². The number of pyridine rings is 1. The lowest BCUT2D eigenvalue weighted by atomic mass is 10.0. The maximum absolute atomic E-state index is 14.5. The topological polar surface area (TPSA) is 83.1 Å². The van der Waals surface area contributed by atoms with Crippen LogP contribution >= 0.6 is 0 Å². The number of hydrogen-bond donors (Lipinski definition) is 2. The molecule has 1 aliphatic rings. The second kappa shape index (κ2) is 9.43. The maximum Gasteiger partial charge on any atom is 0.248 e. The number of carbonyl (C=O) groups is 1. The van der Waals surface area contributed by atoms with Crippen LogP contribution in [0.4, 0.5) is 10.1 Å². The van der Waals surface area contributed by atoms with Crippen LogP contribution in [-0.4, -0.2) is 52.3 Å². The first-order chi connectivity index (χ1) is 14.7. The third kappa shape index (κ3) is 4.97. The van der Waals surface area contributed by atoms with E-state index in [2.05, 4.69) is 25.4 Å². The molecule has 4 rings (SSSR count). The Morgan fingerprint density at radius 3 is 2.90 bits per heavy atom. The van der Waals surface area contributed by atoms with Gasteiger partial charge in [-0.05, 0) is 35.4 Å². The minimum Gasteiger partial charge on any atom is -0.379 e. The fourth-order valence-electron chi connectivity index (χ4n) is 3.32. The number of aromatic amines is 1. The van der Waals surface area contributed by atoms with Crippen LogP contribution in [0.25, 0.3) is 17.2 Å². The van der Waals surface area contributed by atoms with Crippen LogP contribution in [0.3, 0.4) is 0 Å². The number of hydrogen-bond acceptors (Lipinski definition) is 5. The van der Waals surface area contributed by atoms with Gasteiger partial charge in [-0.3, -0.25) is 19.8 Å². The lowest BCUT2D eigenvalue weighted by Crippen LogP contribution is -2.35. The van der Waals surface area contributed by atoms with E-state index >= 15 is 0 Å². The van der Waals surface area contributed by atoms with Crippen LogP contribution in [0.2, 0.25) is 0 Å². The summed E-state index contributed by atoms with van der Waals surface area (Å²) in [6.45, 7) is 3.72. The van der Waals surface area contributed by atoms with Gasteiger partial charge in [-0.2, -0.15) is 5.10 Å². The third-order valence-corrected chi connectivity index (χ3v) is 4.88. The van der Waals surface area contributed by atoms with Crippen molar-refractivity contribution in [2.75, 3.05) is 31.6 Å². The quantitative estimate of drug-likeness (QED) is 0.614. The standard InChI is InChI=1S/C22H22FN5O2/c23-20-11-16(15-28-7-9-30-10-8-28)1-3-21(20)27-22(29)4-2-17-12-24-6-5-19(17)18-13-25-26-14-18/h1-6,11-14H,7-10,15H2,(H,25,26)(H,27,29)/b4-2+. The Labute approximate surface area is 173 Å². The third-order valence-electron chi connectivity index (χ3n) is 4.88. The number of nitrogens with zero attached hydrogens (tertiary/aromatic N) is 3. The van der Waals surface area contributed by atoms with E-state index in [1.165, 1.54) is 12.1 Å². The zero-order chi connectivity index (χ0) is 20.8. The van der Waals surface area contributed by atoms with Crippen LogP contribution in [0.15, 0.2) is 55.1 Å². The molecule has 1 aliphatic heterocycles. The molecule has 1 aromatic carbocycles. The average Bonchev–Trinajstić information content (AvgIpc) is 3.30. The summed E-state index contributed by atoms with van der Waals surface area (Å²) in [6, 6.07) is 6.73. The Kier molecular flexibility index (Phi) is 6.26. The van der Waals surface area contributed by atoms with Crippen molar-refractivity contribution >= 4 is 17.7 Å². The minimum atomic E-state index is -0.456. The van der Waals surface area contributed by atoms with Gasteiger partial charge in [0, 0.05) is 55.4 Å². The molecule has 0 spiro atoms. The fraction of sp³-hybridized carbons (Fsp3) is 0.227. The van der Waals surface area contributed by atoms with Crippen LogP contribution in [0, 0.1) is 5.82 Å². The number of rotatable bonds is 6. The van der Waals surface area contributed by atoms with Crippen molar-refractivity contribution in [2.24, 2.45) is 0 Å². The van der Waals surface area contributed by atoms with E-state index in [-0.39, 0.29) is 5.69 Å². The SMILES string of the molecule is O=C(/C=C/c1cnccc1-c1cn[nH]c1)Nc1ccc(CN2CCOCC2)cc1F. The molecule has 30 heavy (non-hydrogen) atoms. The molecule has 0 bridgehead atoms. The van der Waals surface area contributed by atoms with Crippen molar-refractivity contribution < 1.29 is 13.9 Å². The molecule has 3 aromatic rings. The van der Waals surface area contributed by atoms with Gasteiger partial charge in [0.2, 0.25) is 5.91 Å². The highest BCUT2D eigenvalue weighted by atomic mass is 19.1. The van der Waals surface area contributed by atoms with Crippen LogP contribution in [0.5, 0.6) is 0 Å². The van der Waals surface area contributed by atoms with E-state index in [1.54, 1.807) is 36.9 Å². The highest BCUT2D eigenvalue weighted by Crippen LogP contribution is 2.23. The first-order valence-corrected chi connectivity index (χ1v) is 9.70. The molecule has 154 valence electrons. The molecule has 2 N–H and O–H groups in total. The van der Waals surface area contributed by atoms with Gasteiger partial charge in [0.25, 0.3) is 0 Å². The maximum atomic E-state index is 14.5. The number of carbonyl (C=O) groups excluding carboxylic acids is 1. The molecular formula is C22H22FN5O2. The van der Waals surface area contributed by atoms with Gasteiger partial charge in [0.05, 0.1) is 25.1 Å². The molecule has 1 saturated heterocycles. The van der Waals surface area contributed by atoms with Gasteiger partial charge in [0.15, 0.2) is 0 Å². The normalized spacial score (nSPS) is 14.8. The Morgan fingerprint density at radius 2 is 2.13 bits per heavy atom. The van der Waals surface area contributed by atoms with Gasteiger partial charge in [0.1, 0.15) is 5.82 Å². The van der Waals surface area contributed by atoms with E-state index < -0.39 is 11.7 Å². The summed E-state index contributed by atoms with van der Waals surface area (Å²) in [4.78, 5) is 18.6. The zero-order valence-electron chi connectivity index (χ0n) is 16.3. The molecule has 1 amide bonds. The van der Waals surface area contributed by atoms with Gasteiger partial charge < -0.3 is 10.1 Å². The fourth-order valence-corrected chi connectivity index (χ4v) is 3.32. The highest BCUT2D eigenvalue weighted by molar-refractivity contribution is 6.02. The summed E-state index contributed by atoms with van der Waals surface area (Å²) < 4.78 is 19.8. The van der Waals surface area contributed by atoms with Crippen molar-refractivity contribution in [1.82, 2.24) is 20.1 Å². The number of halogens is 1. The number of aromatic nitrogens is 3. The van der Waals surface area contributed by atoms with E-state index in [0.717, 1.165) is 35.3 Å². The lowest BCUT2D eigenvalue weighted by Gasteiger charge is -2.26. The zero-order valence-corrected chi connectivity index (χ0v) is 16.3. The van der Waals surface area contributed by atoms with Crippen LogP contribution in [0.1, 0.15) is 11.1 Å². The number of H-pyrrole nitrogens is 1. The monoisotopic (exact) mass is 407 g/mol. The van der Waals surface area contributed by atoms with Gasteiger partial charge in [-0.15, -0.1) is 0 Å². The van der Waals surface area contributed by atoms with Gasteiger partial charge in [-0.25, -0.2) is 4.39 Å². The minimum absolute atomic E-state index is 0.150. The number of benzene rings is 1. The molecule has 0 radical (unpaired) electrons. The average molecular weight is 407 g/mol. The van der Waals surface area contributed by atoms with E-state index in [4.69, 9.17) is 4.74 Å². The van der Waals surface area contributed by atoms with Crippen LogP contribution in [-0.2, 0) is 16.1 Å². The van der Waals surface area contributed by atoms with E-state index in [1.807, 2.05) is 12.1 Å². The van der Waals surface area contributed by atoms with E-state index in [0.29, 0.717) is 19.8 Å². The Hall–Kier alpha value is -3.36. The Morgan fingerprint density at radius 1 is 1.27 bits per heavy atom. The molecule has 0 atom stereocenters. The molecule has 0 unspecified atom stereocenters. The van der Waals surface area contributed by atoms with Crippen molar-refractivity contribution in [1.29, 1.82) is 0 Å². The predicted molar refractivity (Wildman–Crippen MR) is 112 cm³/mol. The summed E-state index contributed by atoms with van der Waals surface area (Å²) in [7, 11) is 0. The second-order valence-electron chi connectivity index (χ2n) is 6.98. The molecule has 1 fully saturated rings. The number of amides is 1. The molecule has 8 heteroatoms. The van der Waals surface area contributed by atoms with E-state index in [9.17, 15) is 9.18 Å². The summed E-state index contributed by atoms with van der Waals surface area (Å²) in [5.74, 6) is -0.875. The molecular weight excluding hydrogens is 385 g/mol. The Balaban J connectivity index is 1.41. The number of nitrogens with one attached hydrogen (secondary N) is 2. The highest BCUT2D eigenvalue weighted by Gasteiger charge is 2.12. The lowest BCUT2D eigenvalue weighted by molar-refractivity contribution is -0.111. The van der Waals surface area contributed by atoms with Crippen molar-refractivity contribution in [3.63, 3.8) is 0 Å². The smallest absolute Gasteiger partial charge is 0.248 e. The predicted octanol–water partition coefficient (Wildman–Crippen LogP) is 3.09.